The summed E-state index contributed by atoms with van der Waals surface area (Å²) in [5.41, 5.74) is 8.16. The minimum atomic E-state index is 0.639. The van der Waals surface area contributed by atoms with Crippen LogP contribution < -0.4 is 5.73 Å². The van der Waals surface area contributed by atoms with Crippen LogP contribution in [0, 0.1) is 0 Å². The Bertz CT molecular complexity index is 526. The lowest BCUT2D eigenvalue weighted by atomic mass is 10.1. The second kappa shape index (κ2) is 4.77. The largest absolute Gasteiger partial charge is 0.360 e. The molecule has 0 atom stereocenters. The van der Waals surface area contributed by atoms with Gasteiger partial charge in [0.05, 0.1) is 0 Å². The molecule has 1 aromatic heterocycles. The maximum absolute atomic E-state index is 10.9. The van der Waals surface area contributed by atoms with Crippen LogP contribution in [0.2, 0.25) is 0 Å². The molecule has 0 saturated carbocycles. The van der Waals surface area contributed by atoms with Crippen LogP contribution in [-0.2, 0) is 0 Å². The van der Waals surface area contributed by atoms with Gasteiger partial charge in [0.25, 0.3) is 0 Å². The van der Waals surface area contributed by atoms with Crippen molar-refractivity contribution in [1.82, 2.24) is 4.98 Å². The maximum Gasteiger partial charge on any atom is 0.152 e. The molecule has 0 spiro atoms. The summed E-state index contributed by atoms with van der Waals surface area (Å²) in [5.74, 6) is 0. The van der Waals surface area contributed by atoms with Gasteiger partial charge in [-0.05, 0) is 24.6 Å². The summed E-state index contributed by atoms with van der Waals surface area (Å²) >= 11 is 0. The number of aromatic amines is 1. The smallest absolute Gasteiger partial charge is 0.152 e. The van der Waals surface area contributed by atoms with Gasteiger partial charge in [-0.1, -0.05) is 24.3 Å². The number of aldehydes is 1. The molecule has 1 heterocycles. The van der Waals surface area contributed by atoms with E-state index in [1.807, 2.05) is 30.4 Å². The lowest BCUT2D eigenvalue weighted by Gasteiger charge is -1.98. The van der Waals surface area contributed by atoms with Crippen LogP contribution in [0.3, 0.4) is 0 Å². The van der Waals surface area contributed by atoms with Crippen molar-refractivity contribution < 1.29 is 4.79 Å². The number of nitrogens with two attached hydrogens (primary N) is 1. The third-order valence-electron chi connectivity index (χ3n) is 2.53. The first-order chi connectivity index (χ1) is 7.86. The molecule has 16 heavy (non-hydrogen) atoms. The summed E-state index contributed by atoms with van der Waals surface area (Å²) in [6, 6.07) is 5.92. The average molecular weight is 214 g/mol. The number of hydrogen-bond acceptors (Lipinski definition) is 2. The lowest BCUT2D eigenvalue weighted by molar-refractivity contribution is 0.112. The van der Waals surface area contributed by atoms with Crippen molar-refractivity contribution in [2.24, 2.45) is 5.73 Å². The molecule has 0 fully saturated rings. The van der Waals surface area contributed by atoms with Gasteiger partial charge in [-0.2, -0.15) is 0 Å². The Morgan fingerprint density at radius 2 is 2.19 bits per heavy atom. The number of rotatable bonds is 4. The van der Waals surface area contributed by atoms with Gasteiger partial charge in [0, 0.05) is 22.7 Å². The predicted molar refractivity (Wildman–Crippen MR) is 66.4 cm³/mol. The molecule has 0 unspecified atom stereocenters. The van der Waals surface area contributed by atoms with Gasteiger partial charge in [-0.15, -0.1) is 0 Å². The summed E-state index contributed by atoms with van der Waals surface area (Å²) in [5, 5.41) is 0.978. The van der Waals surface area contributed by atoms with Gasteiger partial charge in [0.15, 0.2) is 6.29 Å². The standard InChI is InChI=1S/C13H14N2O/c14-7-2-1-4-10-5-3-6-12-13(10)11(9-16)8-15-12/h1,3-6,8-9,15H,2,7,14H2. The van der Waals surface area contributed by atoms with E-state index >= 15 is 0 Å². The summed E-state index contributed by atoms with van der Waals surface area (Å²) in [7, 11) is 0. The number of aromatic nitrogens is 1. The number of fused-ring (bicyclic) bond motifs is 1. The Kier molecular flexibility index (Phi) is 3.17. The van der Waals surface area contributed by atoms with Gasteiger partial charge in [-0.3, -0.25) is 4.79 Å². The van der Waals surface area contributed by atoms with Gasteiger partial charge in [0.1, 0.15) is 0 Å². The molecule has 0 saturated heterocycles. The molecule has 0 radical (unpaired) electrons. The van der Waals surface area contributed by atoms with E-state index in [1.54, 1.807) is 6.20 Å². The first-order valence-corrected chi connectivity index (χ1v) is 5.28. The quantitative estimate of drug-likeness (QED) is 0.767. The number of carbonyl (C=O) groups excluding carboxylic acids is 1. The van der Waals surface area contributed by atoms with E-state index in [4.69, 9.17) is 5.73 Å². The van der Waals surface area contributed by atoms with E-state index in [2.05, 4.69) is 4.98 Å². The van der Waals surface area contributed by atoms with Crippen LogP contribution in [0.1, 0.15) is 22.3 Å². The molecular weight excluding hydrogens is 200 g/mol. The molecule has 0 bridgehead atoms. The molecule has 3 nitrogen and oxygen atoms in total. The van der Waals surface area contributed by atoms with E-state index in [1.165, 1.54) is 0 Å². The van der Waals surface area contributed by atoms with E-state index in [-0.39, 0.29) is 0 Å². The molecular formula is C13H14N2O. The van der Waals surface area contributed by atoms with Crippen molar-refractivity contribution in [2.75, 3.05) is 6.54 Å². The highest BCUT2D eigenvalue weighted by Gasteiger charge is 2.05. The SMILES string of the molecule is NCCC=Cc1cccc2[nH]cc(C=O)c12. The molecule has 2 aromatic rings. The van der Waals surface area contributed by atoms with Crippen LogP contribution in [0.4, 0.5) is 0 Å². The summed E-state index contributed by atoms with van der Waals surface area (Å²) in [4.78, 5) is 14.0. The summed E-state index contributed by atoms with van der Waals surface area (Å²) in [6.45, 7) is 0.639. The number of nitrogens with one attached hydrogen (secondary N) is 1. The Morgan fingerprint density at radius 1 is 1.31 bits per heavy atom. The summed E-state index contributed by atoms with van der Waals surface area (Å²) in [6.07, 6.45) is 7.49. The zero-order valence-corrected chi connectivity index (χ0v) is 8.94. The first-order valence-electron chi connectivity index (χ1n) is 5.28. The van der Waals surface area contributed by atoms with Crippen LogP contribution in [0.25, 0.3) is 17.0 Å². The highest BCUT2D eigenvalue weighted by Crippen LogP contribution is 2.22. The monoisotopic (exact) mass is 214 g/mol. The van der Waals surface area contributed by atoms with Gasteiger partial charge in [0.2, 0.25) is 0 Å². The van der Waals surface area contributed by atoms with Gasteiger partial charge in [-0.25, -0.2) is 0 Å². The number of H-pyrrole nitrogens is 1. The highest BCUT2D eigenvalue weighted by atomic mass is 16.1. The topological polar surface area (TPSA) is 58.9 Å². The molecule has 82 valence electrons. The Balaban J connectivity index is 2.51. The molecule has 0 aliphatic carbocycles. The zero-order chi connectivity index (χ0) is 11.4. The van der Waals surface area contributed by atoms with Gasteiger partial charge >= 0.3 is 0 Å². The number of hydrogen-bond donors (Lipinski definition) is 2. The second-order valence-corrected chi connectivity index (χ2v) is 3.61. The van der Waals surface area contributed by atoms with Crippen molar-refractivity contribution in [3.05, 3.63) is 41.6 Å². The summed E-state index contributed by atoms with van der Waals surface area (Å²) < 4.78 is 0. The third kappa shape index (κ3) is 1.90. The minimum Gasteiger partial charge on any atom is -0.360 e. The second-order valence-electron chi connectivity index (χ2n) is 3.61. The van der Waals surface area contributed by atoms with Crippen molar-refractivity contribution in [3.8, 4) is 0 Å². The fraction of sp³-hybridized carbons (Fsp3) is 0.154. The van der Waals surface area contributed by atoms with E-state index in [0.717, 1.165) is 29.2 Å². The lowest BCUT2D eigenvalue weighted by Crippen LogP contribution is -1.95. The van der Waals surface area contributed by atoms with E-state index in [9.17, 15) is 4.79 Å². The molecule has 2 rings (SSSR count). The Labute approximate surface area is 94.0 Å². The van der Waals surface area contributed by atoms with Gasteiger partial charge < -0.3 is 10.7 Å². The molecule has 0 aliphatic rings. The van der Waals surface area contributed by atoms with Crippen molar-refractivity contribution in [3.63, 3.8) is 0 Å². The molecule has 0 amide bonds. The fourth-order valence-electron chi connectivity index (χ4n) is 1.78. The maximum atomic E-state index is 10.9. The Hall–Kier alpha value is -1.87. The number of carbonyl (C=O) groups is 1. The van der Waals surface area contributed by atoms with Crippen molar-refractivity contribution in [1.29, 1.82) is 0 Å². The van der Waals surface area contributed by atoms with E-state index < -0.39 is 0 Å². The Morgan fingerprint density at radius 3 is 2.94 bits per heavy atom. The molecule has 3 heteroatoms. The van der Waals surface area contributed by atoms with Crippen LogP contribution in [-0.4, -0.2) is 17.8 Å². The molecule has 3 N–H and O–H groups in total. The third-order valence-corrected chi connectivity index (χ3v) is 2.53. The minimum absolute atomic E-state index is 0.639. The van der Waals surface area contributed by atoms with Crippen LogP contribution >= 0.6 is 0 Å². The van der Waals surface area contributed by atoms with Crippen LogP contribution in [0.5, 0.6) is 0 Å². The van der Waals surface area contributed by atoms with Crippen molar-refractivity contribution >= 4 is 23.3 Å². The highest BCUT2D eigenvalue weighted by molar-refractivity contribution is 6.01. The first kappa shape index (κ1) is 10.6. The zero-order valence-electron chi connectivity index (χ0n) is 8.94. The normalized spacial score (nSPS) is 11.3. The van der Waals surface area contributed by atoms with Crippen LogP contribution in [0.15, 0.2) is 30.5 Å². The average Bonchev–Trinajstić information content (AvgIpc) is 2.73. The number of benzene rings is 1. The molecule has 1 aromatic carbocycles. The van der Waals surface area contributed by atoms with Crippen molar-refractivity contribution in [2.45, 2.75) is 6.42 Å². The van der Waals surface area contributed by atoms with E-state index in [0.29, 0.717) is 12.1 Å². The predicted octanol–water partition coefficient (Wildman–Crippen LogP) is 2.34. The fourth-order valence-corrected chi connectivity index (χ4v) is 1.78. The molecule has 0 aliphatic heterocycles.